The van der Waals surface area contributed by atoms with Gasteiger partial charge in [0, 0.05) is 30.7 Å². The molecule has 0 unspecified atom stereocenters. The molecule has 174 valence electrons. The number of hydrogen-bond donors (Lipinski definition) is 0. The Morgan fingerprint density at radius 3 is 2.29 bits per heavy atom. The standard InChI is InChI=1S/C26H25N3O5/c1-5-28(18-7-6-12-27-15-18)26(31)21-16-29(17-8-10-19(32-2)11-9-17)22-14-24(34-4)23(33-3)13-20(22)25(21)30/h6-16H,5H2,1-4H3. The van der Waals surface area contributed by atoms with Gasteiger partial charge in [0.15, 0.2) is 11.5 Å². The number of fused-ring (bicyclic) bond motifs is 1. The van der Waals surface area contributed by atoms with E-state index >= 15 is 0 Å². The Kier molecular flexibility index (Phi) is 6.49. The Labute approximate surface area is 196 Å². The summed E-state index contributed by atoms with van der Waals surface area (Å²) in [6.45, 7) is 2.22. The van der Waals surface area contributed by atoms with Crippen LogP contribution in [0, 0.1) is 0 Å². The van der Waals surface area contributed by atoms with E-state index in [4.69, 9.17) is 14.2 Å². The first-order valence-corrected chi connectivity index (χ1v) is 10.7. The van der Waals surface area contributed by atoms with Crippen LogP contribution in [0.4, 0.5) is 5.69 Å². The minimum Gasteiger partial charge on any atom is -0.497 e. The Morgan fingerprint density at radius 1 is 1.00 bits per heavy atom. The number of pyridine rings is 2. The van der Waals surface area contributed by atoms with E-state index < -0.39 is 11.3 Å². The van der Waals surface area contributed by atoms with Crippen LogP contribution in [0.2, 0.25) is 0 Å². The summed E-state index contributed by atoms with van der Waals surface area (Å²) in [7, 11) is 4.63. The second kappa shape index (κ2) is 9.66. The van der Waals surface area contributed by atoms with E-state index in [9.17, 15) is 9.59 Å². The van der Waals surface area contributed by atoms with Crippen molar-refractivity contribution < 1.29 is 19.0 Å². The molecule has 0 atom stereocenters. The third kappa shape index (κ3) is 4.05. The number of hydrogen-bond acceptors (Lipinski definition) is 6. The molecule has 0 saturated heterocycles. The lowest BCUT2D eigenvalue weighted by atomic mass is 10.1. The number of nitrogens with zero attached hydrogens (tertiary/aromatic N) is 3. The van der Waals surface area contributed by atoms with E-state index in [1.807, 2.05) is 31.2 Å². The fourth-order valence-electron chi connectivity index (χ4n) is 3.86. The molecule has 0 aliphatic rings. The quantitative estimate of drug-likeness (QED) is 0.414. The fourth-order valence-corrected chi connectivity index (χ4v) is 3.86. The summed E-state index contributed by atoms with van der Waals surface area (Å²) in [5.41, 5.74) is 1.57. The lowest BCUT2D eigenvalue weighted by molar-refractivity contribution is 0.0987. The molecular formula is C26H25N3O5. The van der Waals surface area contributed by atoms with Crippen LogP contribution in [-0.2, 0) is 0 Å². The van der Waals surface area contributed by atoms with E-state index in [0.29, 0.717) is 40.4 Å². The van der Waals surface area contributed by atoms with Gasteiger partial charge in [-0.15, -0.1) is 0 Å². The summed E-state index contributed by atoms with van der Waals surface area (Å²) in [6.07, 6.45) is 4.80. The number of aromatic nitrogens is 2. The first-order valence-electron chi connectivity index (χ1n) is 10.7. The lowest BCUT2D eigenvalue weighted by Crippen LogP contribution is -2.34. The lowest BCUT2D eigenvalue weighted by Gasteiger charge is -2.22. The highest BCUT2D eigenvalue weighted by Gasteiger charge is 2.23. The second-order valence-electron chi connectivity index (χ2n) is 7.42. The van der Waals surface area contributed by atoms with Crippen LogP contribution < -0.4 is 24.5 Å². The summed E-state index contributed by atoms with van der Waals surface area (Å²) < 4.78 is 17.9. The number of ether oxygens (including phenoxy) is 3. The number of carbonyl (C=O) groups is 1. The van der Waals surface area contributed by atoms with Crippen molar-refractivity contribution in [1.29, 1.82) is 0 Å². The predicted molar refractivity (Wildman–Crippen MR) is 131 cm³/mol. The van der Waals surface area contributed by atoms with Crippen molar-refractivity contribution in [3.05, 3.63) is 82.9 Å². The third-order valence-corrected chi connectivity index (χ3v) is 5.61. The third-order valence-electron chi connectivity index (χ3n) is 5.61. The molecule has 1 amide bonds. The molecule has 34 heavy (non-hydrogen) atoms. The van der Waals surface area contributed by atoms with Gasteiger partial charge in [-0.05, 0) is 49.4 Å². The van der Waals surface area contributed by atoms with Crippen LogP contribution in [0.3, 0.4) is 0 Å². The Hall–Kier alpha value is -4.33. The number of benzene rings is 2. The van der Waals surface area contributed by atoms with E-state index in [-0.39, 0.29) is 5.56 Å². The maximum atomic E-state index is 13.6. The molecule has 0 aliphatic carbocycles. The van der Waals surface area contributed by atoms with Crippen molar-refractivity contribution in [3.8, 4) is 22.9 Å². The summed E-state index contributed by atoms with van der Waals surface area (Å²) in [5, 5.41) is 0.335. The Bertz CT molecular complexity index is 1380. The van der Waals surface area contributed by atoms with Crippen LogP contribution in [0.15, 0.2) is 71.9 Å². The summed E-state index contributed by atoms with van der Waals surface area (Å²) in [5.74, 6) is 1.15. The van der Waals surface area contributed by atoms with Gasteiger partial charge in [0.2, 0.25) is 5.43 Å². The zero-order valence-electron chi connectivity index (χ0n) is 19.4. The predicted octanol–water partition coefficient (Wildman–Crippen LogP) is 4.08. The van der Waals surface area contributed by atoms with Gasteiger partial charge in [0.25, 0.3) is 5.91 Å². The largest absolute Gasteiger partial charge is 0.497 e. The molecule has 0 bridgehead atoms. The van der Waals surface area contributed by atoms with Gasteiger partial charge < -0.3 is 23.7 Å². The zero-order valence-corrected chi connectivity index (χ0v) is 19.4. The smallest absolute Gasteiger partial charge is 0.263 e. The first kappa shape index (κ1) is 22.8. The van der Waals surface area contributed by atoms with Crippen molar-refractivity contribution in [2.45, 2.75) is 6.92 Å². The van der Waals surface area contributed by atoms with Gasteiger partial charge in [-0.2, -0.15) is 0 Å². The first-order chi connectivity index (χ1) is 16.5. The summed E-state index contributed by atoms with van der Waals surface area (Å²) in [6, 6.07) is 14.2. The minimum atomic E-state index is -0.417. The van der Waals surface area contributed by atoms with Crippen molar-refractivity contribution in [2.75, 3.05) is 32.8 Å². The number of rotatable bonds is 7. The molecule has 4 aromatic rings. The average molecular weight is 460 g/mol. The van der Waals surface area contributed by atoms with Gasteiger partial charge in [-0.3, -0.25) is 14.6 Å². The molecule has 8 nitrogen and oxygen atoms in total. The number of amides is 1. The summed E-state index contributed by atoms with van der Waals surface area (Å²) in [4.78, 5) is 32.8. The molecule has 2 aromatic carbocycles. The highest BCUT2D eigenvalue weighted by Crippen LogP contribution is 2.32. The molecule has 8 heteroatoms. The number of methoxy groups -OCH3 is 3. The van der Waals surface area contributed by atoms with Crippen molar-refractivity contribution >= 4 is 22.5 Å². The Morgan fingerprint density at radius 2 is 1.71 bits per heavy atom. The molecular weight excluding hydrogens is 434 g/mol. The fraction of sp³-hybridized carbons (Fsp3) is 0.192. The van der Waals surface area contributed by atoms with Crippen LogP contribution >= 0.6 is 0 Å². The van der Waals surface area contributed by atoms with Crippen molar-refractivity contribution in [1.82, 2.24) is 9.55 Å². The molecule has 0 aliphatic heterocycles. The minimum absolute atomic E-state index is 0.0289. The van der Waals surface area contributed by atoms with Crippen LogP contribution in [0.1, 0.15) is 17.3 Å². The zero-order chi connectivity index (χ0) is 24.2. The maximum absolute atomic E-state index is 13.6. The van der Waals surface area contributed by atoms with E-state index in [2.05, 4.69) is 4.98 Å². The summed E-state index contributed by atoms with van der Waals surface area (Å²) >= 11 is 0. The monoisotopic (exact) mass is 459 g/mol. The van der Waals surface area contributed by atoms with Crippen LogP contribution in [0.5, 0.6) is 17.2 Å². The SMILES string of the molecule is CCN(C(=O)c1cn(-c2ccc(OC)cc2)c2cc(OC)c(OC)cc2c1=O)c1cccnc1. The Balaban J connectivity index is 1.99. The molecule has 2 heterocycles. The van der Waals surface area contributed by atoms with Gasteiger partial charge >= 0.3 is 0 Å². The second-order valence-corrected chi connectivity index (χ2v) is 7.42. The average Bonchev–Trinajstić information content (AvgIpc) is 2.89. The number of anilines is 1. The van der Waals surface area contributed by atoms with Crippen LogP contribution in [0.25, 0.3) is 16.6 Å². The highest BCUT2D eigenvalue weighted by molar-refractivity contribution is 6.07. The van der Waals surface area contributed by atoms with Crippen LogP contribution in [-0.4, -0.2) is 43.3 Å². The molecule has 2 aromatic heterocycles. The van der Waals surface area contributed by atoms with Gasteiger partial charge in [0.1, 0.15) is 11.3 Å². The molecule has 0 spiro atoms. The van der Waals surface area contributed by atoms with Gasteiger partial charge in [-0.1, -0.05) is 0 Å². The number of carbonyl (C=O) groups excluding carboxylic acids is 1. The molecule has 0 N–H and O–H groups in total. The van der Waals surface area contributed by atoms with E-state index in [1.165, 1.54) is 19.1 Å². The molecule has 0 radical (unpaired) electrons. The van der Waals surface area contributed by atoms with E-state index in [0.717, 1.165) is 5.69 Å². The molecule has 0 fully saturated rings. The van der Waals surface area contributed by atoms with Gasteiger partial charge in [-0.25, -0.2) is 0 Å². The van der Waals surface area contributed by atoms with Crippen molar-refractivity contribution in [2.24, 2.45) is 0 Å². The molecule has 0 saturated carbocycles. The molecule has 4 rings (SSSR count). The normalized spacial score (nSPS) is 10.7. The maximum Gasteiger partial charge on any atom is 0.263 e. The van der Waals surface area contributed by atoms with E-state index in [1.54, 1.807) is 54.5 Å². The highest BCUT2D eigenvalue weighted by atomic mass is 16.5. The topological polar surface area (TPSA) is 82.9 Å². The van der Waals surface area contributed by atoms with Crippen molar-refractivity contribution in [3.63, 3.8) is 0 Å². The van der Waals surface area contributed by atoms with Gasteiger partial charge in [0.05, 0.1) is 44.1 Å².